The lowest BCUT2D eigenvalue weighted by Crippen LogP contribution is -1.99. The number of halogens is 1. The highest BCUT2D eigenvalue weighted by Crippen LogP contribution is 2.25. The normalized spacial score (nSPS) is 10.1. The first-order chi connectivity index (χ1) is 7.65. The van der Waals surface area contributed by atoms with E-state index in [0.29, 0.717) is 10.6 Å². The molecular formula is C13H11ClN2. The molecule has 16 heavy (non-hydrogen) atoms. The maximum Gasteiger partial charge on any atom is 0.101 e. The molecule has 1 aromatic carbocycles. The van der Waals surface area contributed by atoms with E-state index in [9.17, 15) is 0 Å². The second-order valence-corrected chi connectivity index (χ2v) is 4.09. The molecule has 0 unspecified atom stereocenters. The predicted octanol–water partition coefficient (Wildman–Crippen LogP) is 3.62. The summed E-state index contributed by atoms with van der Waals surface area (Å²) in [5, 5.41) is 9.66. The molecule has 0 radical (unpaired) electrons. The summed E-state index contributed by atoms with van der Waals surface area (Å²) in [6.07, 6.45) is 0. The van der Waals surface area contributed by atoms with Crippen LogP contribution in [0.25, 0.3) is 5.69 Å². The molecule has 1 aromatic heterocycles. The van der Waals surface area contributed by atoms with Crippen LogP contribution in [0.3, 0.4) is 0 Å². The molecule has 3 heteroatoms. The van der Waals surface area contributed by atoms with Crippen LogP contribution in [0.15, 0.2) is 30.3 Å². The molecule has 0 aliphatic heterocycles. The summed E-state index contributed by atoms with van der Waals surface area (Å²) in [6.45, 7) is 3.89. The van der Waals surface area contributed by atoms with Gasteiger partial charge in [-0.25, -0.2) is 0 Å². The first-order valence-electron chi connectivity index (χ1n) is 4.99. The van der Waals surface area contributed by atoms with Crippen LogP contribution >= 0.6 is 11.6 Å². The lowest BCUT2D eigenvalue weighted by molar-refractivity contribution is 0.964. The largest absolute Gasteiger partial charge is 0.316 e. The summed E-state index contributed by atoms with van der Waals surface area (Å²) in [5.41, 5.74) is 3.55. The third-order valence-electron chi connectivity index (χ3n) is 2.64. The molecule has 0 atom stereocenters. The van der Waals surface area contributed by atoms with E-state index in [2.05, 4.69) is 6.07 Å². The zero-order chi connectivity index (χ0) is 11.7. The van der Waals surface area contributed by atoms with Gasteiger partial charge < -0.3 is 4.57 Å². The van der Waals surface area contributed by atoms with Crippen LogP contribution in [0.4, 0.5) is 0 Å². The number of nitriles is 1. The molecule has 0 saturated carbocycles. The summed E-state index contributed by atoms with van der Waals surface area (Å²) in [7, 11) is 0. The number of hydrogen-bond acceptors (Lipinski definition) is 1. The molecule has 80 valence electrons. The van der Waals surface area contributed by atoms with Crippen LogP contribution in [-0.4, -0.2) is 4.57 Å². The van der Waals surface area contributed by atoms with Crippen molar-refractivity contribution in [2.24, 2.45) is 0 Å². The number of nitrogens with zero attached hydrogens (tertiary/aromatic N) is 2. The van der Waals surface area contributed by atoms with Gasteiger partial charge in [0.15, 0.2) is 0 Å². The first kappa shape index (κ1) is 10.8. The standard InChI is InChI=1S/C13H11ClN2/c1-9-7-11(8-15)10(2)16(9)13-6-4-3-5-12(13)14/h3-7H,1-2H3. The van der Waals surface area contributed by atoms with Crippen molar-refractivity contribution in [3.05, 3.63) is 52.3 Å². The summed E-state index contributed by atoms with van der Waals surface area (Å²) in [5.74, 6) is 0. The van der Waals surface area contributed by atoms with Gasteiger partial charge in [-0.05, 0) is 32.0 Å². The number of benzene rings is 1. The lowest BCUT2D eigenvalue weighted by atomic mass is 10.2. The average molecular weight is 231 g/mol. The van der Waals surface area contributed by atoms with Crippen LogP contribution < -0.4 is 0 Å². The smallest absolute Gasteiger partial charge is 0.101 e. The fourth-order valence-corrected chi connectivity index (χ4v) is 2.10. The van der Waals surface area contributed by atoms with Gasteiger partial charge in [-0.1, -0.05) is 23.7 Å². The van der Waals surface area contributed by atoms with Gasteiger partial charge in [-0.15, -0.1) is 0 Å². The summed E-state index contributed by atoms with van der Waals surface area (Å²) < 4.78 is 2.00. The fraction of sp³-hybridized carbons (Fsp3) is 0.154. The van der Waals surface area contributed by atoms with Crippen molar-refractivity contribution in [2.45, 2.75) is 13.8 Å². The Balaban J connectivity index is 2.71. The molecule has 2 rings (SSSR count). The minimum Gasteiger partial charge on any atom is -0.316 e. The fourth-order valence-electron chi connectivity index (χ4n) is 1.88. The first-order valence-corrected chi connectivity index (χ1v) is 5.37. The van der Waals surface area contributed by atoms with Crippen LogP contribution in [0.5, 0.6) is 0 Å². The van der Waals surface area contributed by atoms with Gasteiger partial charge >= 0.3 is 0 Å². The van der Waals surface area contributed by atoms with Gasteiger partial charge in [-0.2, -0.15) is 5.26 Å². The molecule has 0 aliphatic rings. The Hall–Kier alpha value is -1.72. The number of rotatable bonds is 1. The third-order valence-corrected chi connectivity index (χ3v) is 2.96. The second kappa shape index (κ2) is 4.03. The van der Waals surface area contributed by atoms with Gasteiger partial charge in [0.25, 0.3) is 0 Å². The lowest BCUT2D eigenvalue weighted by Gasteiger charge is -2.10. The second-order valence-electron chi connectivity index (χ2n) is 3.68. The van der Waals surface area contributed by atoms with Crippen molar-refractivity contribution in [1.82, 2.24) is 4.57 Å². The topological polar surface area (TPSA) is 28.7 Å². The average Bonchev–Trinajstić information content (AvgIpc) is 2.55. The summed E-state index contributed by atoms with van der Waals surface area (Å²) in [6, 6.07) is 11.7. The van der Waals surface area contributed by atoms with E-state index >= 15 is 0 Å². The third kappa shape index (κ3) is 1.60. The van der Waals surface area contributed by atoms with Crippen molar-refractivity contribution in [3.8, 4) is 11.8 Å². The molecule has 2 aromatic rings. The summed E-state index contributed by atoms with van der Waals surface area (Å²) in [4.78, 5) is 0. The molecule has 0 bridgehead atoms. The Morgan fingerprint density at radius 1 is 1.25 bits per heavy atom. The van der Waals surface area contributed by atoms with Gasteiger partial charge in [0, 0.05) is 11.4 Å². The van der Waals surface area contributed by atoms with Crippen molar-refractivity contribution in [3.63, 3.8) is 0 Å². The van der Waals surface area contributed by atoms with E-state index in [1.807, 2.05) is 48.7 Å². The highest BCUT2D eigenvalue weighted by Gasteiger charge is 2.11. The Labute approximate surface area is 99.7 Å². The van der Waals surface area contributed by atoms with E-state index in [0.717, 1.165) is 17.1 Å². The Morgan fingerprint density at radius 3 is 2.50 bits per heavy atom. The molecule has 0 fully saturated rings. The van der Waals surface area contributed by atoms with Gasteiger partial charge in [-0.3, -0.25) is 0 Å². The maximum absolute atomic E-state index is 8.98. The van der Waals surface area contributed by atoms with Gasteiger partial charge in [0.05, 0.1) is 16.3 Å². The molecular weight excluding hydrogens is 220 g/mol. The molecule has 0 aliphatic carbocycles. The highest BCUT2D eigenvalue weighted by molar-refractivity contribution is 6.32. The van der Waals surface area contributed by atoms with E-state index in [1.165, 1.54) is 0 Å². The van der Waals surface area contributed by atoms with Gasteiger partial charge in [0.1, 0.15) is 6.07 Å². The molecule has 0 saturated heterocycles. The molecule has 2 nitrogen and oxygen atoms in total. The van der Waals surface area contributed by atoms with E-state index in [4.69, 9.17) is 16.9 Å². The van der Waals surface area contributed by atoms with Crippen LogP contribution in [0, 0.1) is 25.2 Å². The Kier molecular flexibility index (Phi) is 2.72. The molecule has 0 amide bonds. The molecule has 0 N–H and O–H groups in total. The quantitative estimate of drug-likeness (QED) is 0.736. The van der Waals surface area contributed by atoms with Crippen molar-refractivity contribution >= 4 is 11.6 Å². The monoisotopic (exact) mass is 230 g/mol. The predicted molar refractivity (Wildman–Crippen MR) is 65.0 cm³/mol. The SMILES string of the molecule is Cc1cc(C#N)c(C)n1-c1ccccc1Cl. The maximum atomic E-state index is 8.98. The van der Waals surface area contributed by atoms with E-state index in [1.54, 1.807) is 0 Å². The van der Waals surface area contributed by atoms with Crippen LogP contribution in [-0.2, 0) is 0 Å². The summed E-state index contributed by atoms with van der Waals surface area (Å²) >= 11 is 6.15. The zero-order valence-corrected chi connectivity index (χ0v) is 9.92. The Bertz CT molecular complexity index is 576. The number of aromatic nitrogens is 1. The van der Waals surface area contributed by atoms with E-state index in [-0.39, 0.29) is 0 Å². The number of para-hydroxylation sites is 1. The number of aryl methyl sites for hydroxylation is 1. The molecule has 0 spiro atoms. The van der Waals surface area contributed by atoms with Crippen LogP contribution in [0.2, 0.25) is 5.02 Å². The minimum atomic E-state index is 0.689. The minimum absolute atomic E-state index is 0.689. The number of hydrogen-bond donors (Lipinski definition) is 0. The van der Waals surface area contributed by atoms with Crippen LogP contribution in [0.1, 0.15) is 17.0 Å². The molecule has 1 heterocycles. The van der Waals surface area contributed by atoms with Gasteiger partial charge in [0.2, 0.25) is 0 Å². The van der Waals surface area contributed by atoms with Crippen molar-refractivity contribution < 1.29 is 0 Å². The van der Waals surface area contributed by atoms with Crippen molar-refractivity contribution in [2.75, 3.05) is 0 Å². The Morgan fingerprint density at radius 2 is 1.94 bits per heavy atom. The highest BCUT2D eigenvalue weighted by atomic mass is 35.5. The van der Waals surface area contributed by atoms with E-state index < -0.39 is 0 Å². The van der Waals surface area contributed by atoms with Crippen molar-refractivity contribution in [1.29, 1.82) is 5.26 Å². The zero-order valence-electron chi connectivity index (χ0n) is 9.16.